The fourth-order valence-corrected chi connectivity index (χ4v) is 0.543. The largest absolute Gasteiger partial charge is 0.456 e. The van der Waals surface area contributed by atoms with Crippen molar-refractivity contribution in [3.8, 4) is 0 Å². The van der Waals surface area contributed by atoms with Crippen molar-refractivity contribution in [3.05, 3.63) is 23.7 Å². The van der Waals surface area contributed by atoms with Gasteiger partial charge >= 0.3 is 0 Å². The Morgan fingerprint density at radius 2 is 2.18 bits per heavy atom. The normalized spacial score (nSPS) is 8.27. The van der Waals surface area contributed by atoms with E-state index in [0.717, 1.165) is 0 Å². The number of rotatable bonds is 2. The quantitative estimate of drug-likeness (QED) is 0.662. The average Bonchev–Trinajstić information content (AvgIpc) is 2.55. The summed E-state index contributed by atoms with van der Waals surface area (Å²) in [6.45, 7) is 3.84. The number of carbonyl (C=O) groups is 1. The summed E-state index contributed by atoms with van der Waals surface area (Å²) in [4.78, 5) is 9.96. The Balaban J connectivity index is 0.000000461. The lowest BCUT2D eigenvalue weighted by molar-refractivity contribution is 0.109. The van der Waals surface area contributed by atoms with E-state index in [4.69, 9.17) is 9.52 Å². The second-order valence-corrected chi connectivity index (χ2v) is 1.58. The van der Waals surface area contributed by atoms with Crippen molar-refractivity contribution in [1.29, 1.82) is 0 Å². The van der Waals surface area contributed by atoms with E-state index in [1.54, 1.807) is 6.07 Å². The number of hydrogen-bond acceptors (Lipinski definition) is 3. The molecule has 0 radical (unpaired) electrons. The number of aldehydes is 1. The van der Waals surface area contributed by atoms with Crippen molar-refractivity contribution < 1.29 is 14.3 Å². The fourth-order valence-electron chi connectivity index (χ4n) is 0.543. The van der Waals surface area contributed by atoms with Gasteiger partial charge in [0.15, 0.2) is 12.0 Å². The van der Waals surface area contributed by atoms with Crippen LogP contribution < -0.4 is 0 Å². The highest BCUT2D eigenvalue weighted by Gasteiger charge is 1.96. The van der Waals surface area contributed by atoms with E-state index in [0.29, 0.717) is 12.0 Å². The van der Waals surface area contributed by atoms with Gasteiger partial charge in [0.2, 0.25) is 0 Å². The molecular formula is C8H12O3. The molecule has 0 atom stereocenters. The van der Waals surface area contributed by atoms with Crippen LogP contribution in [0.4, 0.5) is 0 Å². The molecule has 0 aliphatic heterocycles. The lowest BCUT2D eigenvalue weighted by atomic mass is 10.4. The van der Waals surface area contributed by atoms with Gasteiger partial charge in [-0.15, -0.1) is 0 Å². The minimum absolute atomic E-state index is 0.159. The SMILES string of the molecule is CC.O=Cc1ccc(CO)o1. The van der Waals surface area contributed by atoms with Crippen LogP contribution >= 0.6 is 0 Å². The molecule has 0 spiro atoms. The first-order valence-corrected chi connectivity index (χ1v) is 3.51. The Hall–Kier alpha value is -1.09. The lowest BCUT2D eigenvalue weighted by Gasteiger charge is -1.82. The molecule has 0 saturated carbocycles. The minimum Gasteiger partial charge on any atom is -0.456 e. The van der Waals surface area contributed by atoms with Gasteiger partial charge in [-0.2, -0.15) is 0 Å². The number of aliphatic hydroxyl groups is 1. The van der Waals surface area contributed by atoms with E-state index in [1.165, 1.54) is 6.07 Å². The predicted molar refractivity (Wildman–Crippen MR) is 41.4 cm³/mol. The fraction of sp³-hybridized carbons (Fsp3) is 0.375. The Labute approximate surface area is 65.6 Å². The molecular weight excluding hydrogens is 144 g/mol. The molecule has 1 aromatic heterocycles. The van der Waals surface area contributed by atoms with E-state index in [2.05, 4.69) is 0 Å². The van der Waals surface area contributed by atoms with Crippen LogP contribution in [0.2, 0.25) is 0 Å². The van der Waals surface area contributed by atoms with Gasteiger partial charge in [0.1, 0.15) is 12.4 Å². The lowest BCUT2D eigenvalue weighted by Crippen LogP contribution is -1.74. The van der Waals surface area contributed by atoms with Crippen molar-refractivity contribution in [2.45, 2.75) is 20.5 Å². The van der Waals surface area contributed by atoms with Crippen LogP contribution in [0.25, 0.3) is 0 Å². The molecule has 0 unspecified atom stereocenters. The van der Waals surface area contributed by atoms with Gasteiger partial charge in [0, 0.05) is 0 Å². The van der Waals surface area contributed by atoms with Gasteiger partial charge in [-0.25, -0.2) is 0 Å². The van der Waals surface area contributed by atoms with Crippen LogP contribution in [0.5, 0.6) is 0 Å². The van der Waals surface area contributed by atoms with Gasteiger partial charge in [0.25, 0.3) is 0 Å². The van der Waals surface area contributed by atoms with Crippen molar-refractivity contribution in [2.75, 3.05) is 0 Å². The smallest absolute Gasteiger partial charge is 0.185 e. The molecule has 0 aliphatic carbocycles. The average molecular weight is 156 g/mol. The first-order valence-electron chi connectivity index (χ1n) is 3.51. The molecule has 11 heavy (non-hydrogen) atoms. The third-order valence-electron chi connectivity index (χ3n) is 0.954. The first kappa shape index (κ1) is 9.91. The van der Waals surface area contributed by atoms with Gasteiger partial charge in [-0.3, -0.25) is 4.79 Å². The Morgan fingerprint density at radius 1 is 1.55 bits per heavy atom. The summed E-state index contributed by atoms with van der Waals surface area (Å²) < 4.78 is 4.76. The van der Waals surface area contributed by atoms with Crippen molar-refractivity contribution in [1.82, 2.24) is 0 Å². The molecule has 3 nitrogen and oxygen atoms in total. The van der Waals surface area contributed by atoms with Crippen molar-refractivity contribution in [2.24, 2.45) is 0 Å². The topological polar surface area (TPSA) is 50.4 Å². The molecule has 62 valence electrons. The van der Waals surface area contributed by atoms with E-state index < -0.39 is 0 Å². The third kappa shape index (κ3) is 3.00. The summed E-state index contributed by atoms with van der Waals surface area (Å²) >= 11 is 0. The summed E-state index contributed by atoms with van der Waals surface area (Å²) in [5.74, 6) is 0.663. The maximum Gasteiger partial charge on any atom is 0.185 e. The van der Waals surface area contributed by atoms with E-state index in [9.17, 15) is 4.79 Å². The maximum atomic E-state index is 9.96. The first-order chi connectivity index (χ1) is 5.36. The van der Waals surface area contributed by atoms with Crippen LogP contribution in [-0.4, -0.2) is 11.4 Å². The number of aliphatic hydroxyl groups excluding tert-OH is 1. The van der Waals surface area contributed by atoms with E-state index in [-0.39, 0.29) is 12.4 Å². The van der Waals surface area contributed by atoms with Crippen LogP contribution in [-0.2, 0) is 6.61 Å². The molecule has 1 heterocycles. The molecule has 0 aliphatic rings. The maximum absolute atomic E-state index is 9.96. The zero-order chi connectivity index (χ0) is 8.69. The van der Waals surface area contributed by atoms with Crippen LogP contribution in [0, 0.1) is 0 Å². The zero-order valence-electron chi connectivity index (χ0n) is 6.70. The van der Waals surface area contributed by atoms with E-state index in [1.807, 2.05) is 13.8 Å². The molecule has 0 aromatic carbocycles. The zero-order valence-corrected chi connectivity index (χ0v) is 6.70. The summed E-state index contributed by atoms with van der Waals surface area (Å²) in [7, 11) is 0. The second-order valence-electron chi connectivity index (χ2n) is 1.58. The standard InChI is InChI=1S/C6H6O3.C2H6/c7-3-5-1-2-6(4-8)9-5;1-2/h1-3,8H,4H2;1-2H3. The summed E-state index contributed by atoms with van der Waals surface area (Å²) in [6.07, 6.45) is 0.596. The van der Waals surface area contributed by atoms with E-state index >= 15 is 0 Å². The summed E-state index contributed by atoms with van der Waals surface area (Å²) in [6, 6.07) is 3.07. The van der Waals surface area contributed by atoms with Crippen LogP contribution in [0.15, 0.2) is 16.5 Å². The highest BCUT2D eigenvalue weighted by molar-refractivity contribution is 5.70. The molecule has 3 heteroatoms. The monoisotopic (exact) mass is 156 g/mol. The minimum atomic E-state index is -0.159. The molecule has 1 rings (SSSR count). The number of hydrogen-bond donors (Lipinski definition) is 1. The molecule has 0 bridgehead atoms. The highest BCUT2D eigenvalue weighted by Crippen LogP contribution is 2.03. The van der Waals surface area contributed by atoms with Gasteiger partial charge in [-0.05, 0) is 12.1 Å². The predicted octanol–water partition coefficient (Wildman–Crippen LogP) is 1.61. The molecule has 0 amide bonds. The second kappa shape index (κ2) is 5.68. The van der Waals surface area contributed by atoms with Gasteiger partial charge in [0.05, 0.1) is 0 Å². The van der Waals surface area contributed by atoms with Gasteiger partial charge < -0.3 is 9.52 Å². The van der Waals surface area contributed by atoms with Crippen molar-refractivity contribution in [3.63, 3.8) is 0 Å². The molecule has 0 saturated heterocycles. The van der Waals surface area contributed by atoms with Crippen molar-refractivity contribution >= 4 is 6.29 Å². The van der Waals surface area contributed by atoms with Crippen LogP contribution in [0.3, 0.4) is 0 Å². The number of carbonyl (C=O) groups excluding carboxylic acids is 1. The highest BCUT2D eigenvalue weighted by atomic mass is 16.4. The Kier molecular flexibility index (Phi) is 5.11. The number of furan rings is 1. The molecule has 0 fully saturated rings. The summed E-state index contributed by atoms with van der Waals surface area (Å²) in [5.41, 5.74) is 0. The van der Waals surface area contributed by atoms with Gasteiger partial charge in [-0.1, -0.05) is 13.8 Å². The molecule has 1 N–H and O–H groups in total. The Bertz CT molecular complexity index is 203. The summed E-state index contributed by atoms with van der Waals surface area (Å²) in [5, 5.41) is 8.44. The molecule has 1 aromatic rings. The Morgan fingerprint density at radius 3 is 2.45 bits per heavy atom. The third-order valence-corrected chi connectivity index (χ3v) is 0.954. The van der Waals surface area contributed by atoms with Crippen LogP contribution in [0.1, 0.15) is 30.2 Å².